The Morgan fingerprint density at radius 3 is 2.72 bits per heavy atom. The molecule has 0 heterocycles. The van der Waals surface area contributed by atoms with Crippen molar-refractivity contribution in [3.8, 4) is 0 Å². The molecule has 1 atom stereocenters. The van der Waals surface area contributed by atoms with Crippen molar-refractivity contribution in [2.45, 2.75) is 17.9 Å². The summed E-state index contributed by atoms with van der Waals surface area (Å²) in [6.07, 6.45) is 1.95. The second-order valence-corrected chi connectivity index (χ2v) is 6.73. The molecule has 0 aliphatic heterocycles. The number of nitrogens with one attached hydrogen (secondary N) is 2. The number of sulfonamides is 1. The largest absolute Gasteiger partial charge is 0.313 e. The van der Waals surface area contributed by atoms with Gasteiger partial charge in [0.15, 0.2) is 0 Å². The van der Waals surface area contributed by atoms with E-state index < -0.39 is 10.0 Å². The maximum absolute atomic E-state index is 12.0. The molecule has 0 saturated carbocycles. The van der Waals surface area contributed by atoms with E-state index in [2.05, 4.69) is 10.0 Å². The van der Waals surface area contributed by atoms with Gasteiger partial charge in [-0.1, -0.05) is 12.1 Å². The lowest BCUT2D eigenvalue weighted by Gasteiger charge is -2.12. The molecule has 1 unspecified atom stereocenters. The summed E-state index contributed by atoms with van der Waals surface area (Å²) in [5, 5.41) is 3.09. The lowest BCUT2D eigenvalue weighted by molar-refractivity contribution is 0.583. The first-order chi connectivity index (χ1) is 8.51. The number of rotatable bonds is 7. The first-order valence-corrected chi connectivity index (χ1v) is 8.65. The molecule has 4 nitrogen and oxygen atoms in total. The van der Waals surface area contributed by atoms with Gasteiger partial charge in [-0.25, -0.2) is 13.1 Å². The van der Waals surface area contributed by atoms with Gasteiger partial charge in [0, 0.05) is 18.3 Å². The van der Waals surface area contributed by atoms with Gasteiger partial charge in [-0.05, 0) is 37.9 Å². The molecule has 18 heavy (non-hydrogen) atoms. The molecular formula is C12H20N2O2S2. The van der Waals surface area contributed by atoms with Crippen LogP contribution in [0.3, 0.4) is 0 Å². The van der Waals surface area contributed by atoms with E-state index in [0.29, 0.717) is 11.4 Å². The van der Waals surface area contributed by atoms with Crippen LogP contribution in [0.4, 0.5) is 0 Å². The Labute approximate surface area is 114 Å². The summed E-state index contributed by atoms with van der Waals surface area (Å²) in [4.78, 5) is 0.322. The molecule has 0 aromatic heterocycles. The highest BCUT2D eigenvalue weighted by molar-refractivity contribution is 7.98. The second-order valence-electron chi connectivity index (χ2n) is 3.97. The molecule has 102 valence electrons. The Bertz CT molecular complexity index is 475. The number of benzene rings is 1. The molecule has 0 fully saturated rings. The van der Waals surface area contributed by atoms with Crippen molar-refractivity contribution in [3.63, 3.8) is 0 Å². The van der Waals surface area contributed by atoms with Crippen LogP contribution >= 0.6 is 11.8 Å². The van der Waals surface area contributed by atoms with Crippen LogP contribution in [-0.4, -0.2) is 34.0 Å². The number of hydrogen-bond acceptors (Lipinski definition) is 4. The van der Waals surface area contributed by atoms with Crippen molar-refractivity contribution >= 4 is 21.8 Å². The molecule has 0 radical (unpaired) electrons. The molecule has 0 spiro atoms. The van der Waals surface area contributed by atoms with E-state index in [4.69, 9.17) is 0 Å². The first kappa shape index (κ1) is 15.5. The smallest absolute Gasteiger partial charge is 0.240 e. The van der Waals surface area contributed by atoms with Crippen LogP contribution in [0.2, 0.25) is 0 Å². The van der Waals surface area contributed by atoms with Crippen LogP contribution in [-0.2, 0) is 10.0 Å². The van der Waals surface area contributed by atoms with Gasteiger partial charge in [-0.15, -0.1) is 0 Å². The summed E-state index contributed by atoms with van der Waals surface area (Å²) in [7, 11) is -1.54. The molecule has 1 aromatic rings. The van der Waals surface area contributed by atoms with Gasteiger partial charge in [0.1, 0.15) is 0 Å². The SMILES string of the molecule is CNC(C)c1cccc(S(=O)(=O)NCCSC)c1. The fourth-order valence-electron chi connectivity index (χ4n) is 1.48. The Kier molecular flexibility index (Phi) is 6.14. The summed E-state index contributed by atoms with van der Waals surface area (Å²) >= 11 is 1.61. The van der Waals surface area contributed by atoms with Gasteiger partial charge >= 0.3 is 0 Å². The van der Waals surface area contributed by atoms with Crippen LogP contribution in [0.25, 0.3) is 0 Å². The summed E-state index contributed by atoms with van der Waals surface area (Å²) in [6.45, 7) is 2.45. The zero-order chi connectivity index (χ0) is 13.6. The van der Waals surface area contributed by atoms with Gasteiger partial charge in [-0.3, -0.25) is 0 Å². The van der Waals surface area contributed by atoms with Crippen molar-refractivity contribution in [3.05, 3.63) is 29.8 Å². The molecule has 0 saturated heterocycles. The van der Waals surface area contributed by atoms with E-state index in [0.717, 1.165) is 11.3 Å². The summed E-state index contributed by atoms with van der Waals surface area (Å²) < 4.78 is 26.7. The van der Waals surface area contributed by atoms with Crippen LogP contribution in [0.5, 0.6) is 0 Å². The van der Waals surface area contributed by atoms with E-state index in [1.807, 2.05) is 26.3 Å². The average Bonchev–Trinajstić information content (AvgIpc) is 2.38. The normalized spacial score (nSPS) is 13.5. The standard InChI is InChI=1S/C12H20N2O2S2/c1-10(13-2)11-5-4-6-12(9-11)18(15,16)14-7-8-17-3/h4-6,9-10,13-14H,7-8H2,1-3H3. The van der Waals surface area contributed by atoms with Crippen molar-refractivity contribution in [2.75, 3.05) is 25.6 Å². The van der Waals surface area contributed by atoms with Crippen LogP contribution in [0, 0.1) is 0 Å². The van der Waals surface area contributed by atoms with E-state index in [1.54, 1.807) is 30.0 Å². The maximum Gasteiger partial charge on any atom is 0.240 e. The minimum atomic E-state index is -3.39. The van der Waals surface area contributed by atoms with Gasteiger partial charge in [0.2, 0.25) is 10.0 Å². The monoisotopic (exact) mass is 288 g/mol. The number of thioether (sulfide) groups is 1. The Hall–Kier alpha value is -0.560. The molecule has 0 bridgehead atoms. The van der Waals surface area contributed by atoms with Gasteiger partial charge in [0.25, 0.3) is 0 Å². The Balaban J connectivity index is 2.88. The third kappa shape index (κ3) is 4.28. The molecule has 0 amide bonds. The fourth-order valence-corrected chi connectivity index (χ4v) is 3.00. The van der Waals surface area contributed by atoms with Crippen molar-refractivity contribution in [1.82, 2.24) is 10.0 Å². The van der Waals surface area contributed by atoms with E-state index in [9.17, 15) is 8.42 Å². The van der Waals surface area contributed by atoms with Crippen molar-refractivity contribution < 1.29 is 8.42 Å². The highest BCUT2D eigenvalue weighted by atomic mass is 32.2. The third-order valence-corrected chi connectivity index (χ3v) is 4.77. The van der Waals surface area contributed by atoms with E-state index in [-0.39, 0.29) is 6.04 Å². The number of hydrogen-bond donors (Lipinski definition) is 2. The summed E-state index contributed by atoms with van der Waals surface area (Å²) in [5.41, 5.74) is 0.963. The third-order valence-electron chi connectivity index (χ3n) is 2.70. The lowest BCUT2D eigenvalue weighted by atomic mass is 10.1. The van der Waals surface area contributed by atoms with Gasteiger partial charge < -0.3 is 5.32 Å². The Morgan fingerprint density at radius 2 is 2.11 bits per heavy atom. The predicted octanol–water partition coefficient (Wildman–Crippen LogP) is 1.61. The highest BCUT2D eigenvalue weighted by Gasteiger charge is 2.14. The van der Waals surface area contributed by atoms with Crippen LogP contribution in [0.15, 0.2) is 29.2 Å². The maximum atomic E-state index is 12.0. The molecule has 1 aromatic carbocycles. The minimum absolute atomic E-state index is 0.131. The van der Waals surface area contributed by atoms with Crippen molar-refractivity contribution in [1.29, 1.82) is 0 Å². The van der Waals surface area contributed by atoms with Crippen molar-refractivity contribution in [2.24, 2.45) is 0 Å². The molecule has 0 aliphatic rings. The minimum Gasteiger partial charge on any atom is -0.313 e. The second kappa shape index (κ2) is 7.13. The molecule has 6 heteroatoms. The molecule has 2 N–H and O–H groups in total. The van der Waals surface area contributed by atoms with E-state index in [1.165, 1.54) is 0 Å². The highest BCUT2D eigenvalue weighted by Crippen LogP contribution is 2.17. The molecule has 0 aliphatic carbocycles. The van der Waals surface area contributed by atoms with Crippen LogP contribution in [0.1, 0.15) is 18.5 Å². The predicted molar refractivity (Wildman–Crippen MR) is 77.5 cm³/mol. The zero-order valence-corrected chi connectivity index (χ0v) is 12.6. The topological polar surface area (TPSA) is 58.2 Å². The Morgan fingerprint density at radius 1 is 1.39 bits per heavy atom. The zero-order valence-electron chi connectivity index (χ0n) is 10.9. The van der Waals surface area contributed by atoms with Gasteiger partial charge in [-0.2, -0.15) is 11.8 Å². The van der Waals surface area contributed by atoms with E-state index >= 15 is 0 Å². The quantitative estimate of drug-likeness (QED) is 0.748. The van der Waals surface area contributed by atoms with Gasteiger partial charge in [0.05, 0.1) is 4.90 Å². The summed E-state index contributed by atoms with van der Waals surface area (Å²) in [5.74, 6) is 0.770. The average molecular weight is 288 g/mol. The first-order valence-electron chi connectivity index (χ1n) is 5.77. The lowest BCUT2D eigenvalue weighted by Crippen LogP contribution is -2.26. The molecular weight excluding hydrogens is 268 g/mol. The fraction of sp³-hybridized carbons (Fsp3) is 0.500. The summed E-state index contributed by atoms with van der Waals surface area (Å²) in [6, 6.07) is 7.15. The molecule has 1 rings (SSSR count). The van der Waals surface area contributed by atoms with Crippen LogP contribution < -0.4 is 10.0 Å².